The molecule has 2 atom stereocenters. The molecule has 0 saturated carbocycles. The molecule has 2 aromatic carbocycles. The molecule has 2 unspecified atom stereocenters. The lowest BCUT2D eigenvalue weighted by atomic mass is 10.0. The molecule has 1 aliphatic rings. The van der Waals surface area contributed by atoms with E-state index >= 15 is 0 Å². The lowest BCUT2D eigenvalue weighted by Crippen LogP contribution is -2.44. The number of aliphatic hydroxyl groups excluding tert-OH is 1. The number of carbonyl (C=O) groups is 2. The largest absolute Gasteiger partial charge is 0.460 e. The summed E-state index contributed by atoms with van der Waals surface area (Å²) in [5.41, 5.74) is 7.50. The van der Waals surface area contributed by atoms with E-state index in [0.717, 1.165) is 23.3 Å². The first-order valence-corrected chi connectivity index (χ1v) is 12.4. The molecule has 39 heavy (non-hydrogen) atoms. The number of amides is 1. The molecule has 1 aromatic heterocycles. The number of nitrogens with two attached hydrogens (primary N) is 1. The van der Waals surface area contributed by atoms with Gasteiger partial charge < -0.3 is 20.1 Å². The standard InChI is InChI=1S/C28H31F3N4O4/c1-27(2,3)39-23(36)12-11-22(24(32)37)35-14-18-13-17(7-10-20(18)26(35)38)21-15-34(4)25(33-21)16-5-8-19(9-6-16)28(29,30)31/h5-10,13,15,22,26,38H,11-12,14H2,1-4H3,(H2,32,37). The number of halogens is 3. The van der Waals surface area contributed by atoms with Crippen molar-refractivity contribution in [3.63, 3.8) is 0 Å². The van der Waals surface area contributed by atoms with Crippen molar-refractivity contribution in [2.45, 2.75) is 64.2 Å². The van der Waals surface area contributed by atoms with Gasteiger partial charge >= 0.3 is 12.1 Å². The van der Waals surface area contributed by atoms with Gasteiger partial charge in [0, 0.05) is 37.3 Å². The zero-order valence-corrected chi connectivity index (χ0v) is 22.1. The number of esters is 1. The van der Waals surface area contributed by atoms with Crippen LogP contribution in [0.2, 0.25) is 0 Å². The molecule has 0 radical (unpaired) electrons. The van der Waals surface area contributed by atoms with E-state index in [1.165, 1.54) is 12.1 Å². The minimum absolute atomic E-state index is 0.0314. The number of primary amides is 1. The van der Waals surface area contributed by atoms with E-state index in [1.54, 1.807) is 55.6 Å². The number of aromatic nitrogens is 2. The summed E-state index contributed by atoms with van der Waals surface area (Å²) in [7, 11) is 1.75. The number of alkyl halides is 3. The van der Waals surface area contributed by atoms with Gasteiger partial charge in [-0.3, -0.25) is 14.5 Å². The number of imidazole rings is 1. The molecule has 0 spiro atoms. The number of ether oxygens (including phenoxy) is 1. The van der Waals surface area contributed by atoms with Gasteiger partial charge in [0.1, 0.15) is 17.7 Å². The molecule has 1 aliphatic heterocycles. The van der Waals surface area contributed by atoms with E-state index in [9.17, 15) is 27.9 Å². The maximum atomic E-state index is 12.9. The number of nitrogens with zero attached hydrogens (tertiary/aromatic N) is 3. The first-order chi connectivity index (χ1) is 18.1. The van der Waals surface area contributed by atoms with Gasteiger partial charge in [0.15, 0.2) is 0 Å². The van der Waals surface area contributed by atoms with Crippen molar-refractivity contribution >= 4 is 11.9 Å². The highest BCUT2D eigenvalue weighted by molar-refractivity contribution is 5.81. The van der Waals surface area contributed by atoms with Gasteiger partial charge in [-0.1, -0.05) is 24.3 Å². The second kappa shape index (κ2) is 10.5. The Morgan fingerprint density at radius 2 is 1.77 bits per heavy atom. The number of aryl methyl sites for hydroxylation is 1. The molecule has 2 heterocycles. The Balaban J connectivity index is 1.53. The molecule has 0 fully saturated rings. The summed E-state index contributed by atoms with van der Waals surface area (Å²) < 4.78 is 45.8. The normalized spacial score (nSPS) is 16.7. The number of rotatable bonds is 7. The molecule has 3 N–H and O–H groups in total. The van der Waals surface area contributed by atoms with Crippen LogP contribution in [-0.2, 0) is 34.1 Å². The predicted octanol–water partition coefficient (Wildman–Crippen LogP) is 4.56. The lowest BCUT2D eigenvalue weighted by molar-refractivity contribution is -0.155. The van der Waals surface area contributed by atoms with Crippen LogP contribution in [0, 0.1) is 0 Å². The summed E-state index contributed by atoms with van der Waals surface area (Å²) in [6.45, 7) is 5.49. The Morgan fingerprint density at radius 1 is 1.13 bits per heavy atom. The third-order valence-electron chi connectivity index (χ3n) is 6.50. The maximum Gasteiger partial charge on any atom is 0.416 e. The summed E-state index contributed by atoms with van der Waals surface area (Å²) in [6, 6.07) is 9.30. The van der Waals surface area contributed by atoms with Crippen LogP contribution >= 0.6 is 0 Å². The van der Waals surface area contributed by atoms with E-state index in [0.29, 0.717) is 22.6 Å². The van der Waals surface area contributed by atoms with Gasteiger partial charge in [0.2, 0.25) is 5.91 Å². The number of aliphatic hydroxyl groups is 1. The first-order valence-electron chi connectivity index (χ1n) is 12.4. The van der Waals surface area contributed by atoms with Crippen molar-refractivity contribution in [3.8, 4) is 22.6 Å². The minimum atomic E-state index is -4.42. The van der Waals surface area contributed by atoms with Crippen LogP contribution in [0.25, 0.3) is 22.6 Å². The SMILES string of the molecule is Cn1cc(-c2ccc3c(c2)CN(C(CCC(=O)OC(C)(C)C)C(N)=O)C3O)nc1-c1ccc(C(F)(F)F)cc1. The highest BCUT2D eigenvalue weighted by Gasteiger charge is 2.37. The third-order valence-corrected chi connectivity index (χ3v) is 6.50. The first kappa shape index (κ1) is 28.3. The number of benzene rings is 2. The van der Waals surface area contributed by atoms with Gasteiger partial charge in [-0.05, 0) is 56.5 Å². The highest BCUT2D eigenvalue weighted by Crippen LogP contribution is 2.37. The molecule has 8 nitrogen and oxygen atoms in total. The zero-order valence-electron chi connectivity index (χ0n) is 22.1. The second-order valence-electron chi connectivity index (χ2n) is 10.6. The van der Waals surface area contributed by atoms with Gasteiger partial charge in [0.05, 0.1) is 17.3 Å². The smallest absolute Gasteiger partial charge is 0.416 e. The van der Waals surface area contributed by atoms with E-state index in [-0.39, 0.29) is 19.4 Å². The van der Waals surface area contributed by atoms with Gasteiger partial charge in [-0.2, -0.15) is 13.2 Å². The molecule has 4 rings (SSSR count). The van der Waals surface area contributed by atoms with Crippen LogP contribution in [0.5, 0.6) is 0 Å². The van der Waals surface area contributed by atoms with Crippen molar-refractivity contribution < 1.29 is 32.6 Å². The van der Waals surface area contributed by atoms with Gasteiger partial charge in [0.25, 0.3) is 0 Å². The van der Waals surface area contributed by atoms with Gasteiger partial charge in [-0.15, -0.1) is 0 Å². The number of fused-ring (bicyclic) bond motifs is 1. The van der Waals surface area contributed by atoms with Crippen LogP contribution in [0.4, 0.5) is 13.2 Å². The van der Waals surface area contributed by atoms with Crippen molar-refractivity contribution in [1.29, 1.82) is 0 Å². The van der Waals surface area contributed by atoms with Crippen LogP contribution in [0.3, 0.4) is 0 Å². The van der Waals surface area contributed by atoms with Crippen molar-refractivity contribution in [2.75, 3.05) is 0 Å². The Labute approximate surface area is 224 Å². The van der Waals surface area contributed by atoms with Crippen molar-refractivity contribution in [3.05, 3.63) is 65.4 Å². The quantitative estimate of drug-likeness (QED) is 0.422. The zero-order chi connectivity index (χ0) is 28.7. The summed E-state index contributed by atoms with van der Waals surface area (Å²) in [5, 5.41) is 11.0. The average Bonchev–Trinajstić information content (AvgIpc) is 3.37. The average molecular weight is 545 g/mol. The van der Waals surface area contributed by atoms with Crippen LogP contribution in [0.1, 0.15) is 56.5 Å². The molecule has 11 heteroatoms. The monoisotopic (exact) mass is 544 g/mol. The van der Waals surface area contributed by atoms with Gasteiger partial charge in [-0.25, -0.2) is 4.98 Å². The Kier molecular flexibility index (Phi) is 7.59. The number of hydrogen-bond donors (Lipinski definition) is 2. The third kappa shape index (κ3) is 6.31. The Hall–Kier alpha value is -3.70. The van der Waals surface area contributed by atoms with E-state index in [4.69, 9.17) is 10.5 Å². The van der Waals surface area contributed by atoms with E-state index in [1.807, 2.05) is 6.07 Å². The van der Waals surface area contributed by atoms with E-state index < -0.39 is 41.5 Å². The van der Waals surface area contributed by atoms with Crippen LogP contribution in [0.15, 0.2) is 48.7 Å². The molecule has 3 aromatic rings. The predicted molar refractivity (Wildman–Crippen MR) is 138 cm³/mol. The van der Waals surface area contributed by atoms with Crippen LogP contribution < -0.4 is 5.73 Å². The molecule has 0 bridgehead atoms. The van der Waals surface area contributed by atoms with E-state index in [2.05, 4.69) is 4.98 Å². The number of carbonyl (C=O) groups excluding carboxylic acids is 2. The number of hydrogen-bond acceptors (Lipinski definition) is 6. The highest BCUT2D eigenvalue weighted by atomic mass is 19.4. The molecule has 0 saturated heterocycles. The fourth-order valence-electron chi connectivity index (χ4n) is 4.70. The topological polar surface area (TPSA) is 111 Å². The van der Waals surface area contributed by atoms with Crippen LogP contribution in [-0.4, -0.2) is 43.1 Å². The summed E-state index contributed by atoms with van der Waals surface area (Å²) in [6.07, 6.45) is -3.67. The molecular formula is C28H31F3N4O4. The summed E-state index contributed by atoms with van der Waals surface area (Å²) in [5.74, 6) is -0.616. The molecular weight excluding hydrogens is 513 g/mol. The Morgan fingerprint density at radius 3 is 2.36 bits per heavy atom. The fraction of sp³-hybridized carbons (Fsp3) is 0.393. The molecule has 0 aliphatic carbocycles. The van der Waals surface area contributed by atoms with Crippen molar-refractivity contribution in [1.82, 2.24) is 14.5 Å². The summed E-state index contributed by atoms with van der Waals surface area (Å²) >= 11 is 0. The molecule has 208 valence electrons. The molecule has 1 amide bonds. The fourth-order valence-corrected chi connectivity index (χ4v) is 4.70. The minimum Gasteiger partial charge on any atom is -0.460 e. The lowest BCUT2D eigenvalue weighted by Gasteiger charge is -2.28. The van der Waals surface area contributed by atoms with Crippen molar-refractivity contribution in [2.24, 2.45) is 12.8 Å². The second-order valence-corrected chi connectivity index (χ2v) is 10.6. The Bertz CT molecular complexity index is 1380. The maximum absolute atomic E-state index is 12.9. The summed E-state index contributed by atoms with van der Waals surface area (Å²) in [4.78, 5) is 30.6.